The van der Waals surface area contributed by atoms with Crippen LogP contribution >= 0.6 is 0 Å². The molecule has 0 spiro atoms. The van der Waals surface area contributed by atoms with Gasteiger partial charge in [0.15, 0.2) is 5.78 Å². The Balaban J connectivity index is 0.000000387. The van der Waals surface area contributed by atoms with Crippen LogP contribution in [0.1, 0.15) is 186 Å². The quantitative estimate of drug-likeness (QED) is 0.136. The number of hydrogen-bond donors (Lipinski definition) is 1. The van der Waals surface area contributed by atoms with Gasteiger partial charge in [0.1, 0.15) is 17.3 Å². The lowest BCUT2D eigenvalue weighted by Crippen LogP contribution is -2.67. The number of phenols is 1. The number of nitrogens with zero attached hydrogens (tertiary/aromatic N) is 2. The number of aromatic hydroxyl groups is 1. The maximum atomic E-state index is 13.4. The molecule has 2 aromatic carbocycles. The largest absolute Gasteiger partial charge is 0.507 e. The molecule has 2 heterocycles. The van der Waals surface area contributed by atoms with Crippen LogP contribution in [0.3, 0.4) is 0 Å². The highest BCUT2D eigenvalue weighted by atomic mass is 16.5. The van der Waals surface area contributed by atoms with Crippen LogP contribution in [0.2, 0.25) is 0 Å². The molecular formula is C46H72N2O6. The van der Waals surface area contributed by atoms with Crippen LogP contribution in [0.15, 0.2) is 24.3 Å². The van der Waals surface area contributed by atoms with Crippen LogP contribution in [-0.4, -0.2) is 68.6 Å². The first-order chi connectivity index (χ1) is 24.4. The van der Waals surface area contributed by atoms with Gasteiger partial charge in [-0.2, -0.15) is 0 Å². The van der Waals surface area contributed by atoms with E-state index >= 15 is 0 Å². The predicted octanol–water partition coefficient (Wildman–Crippen LogP) is 10.3. The second-order valence-electron chi connectivity index (χ2n) is 19.8. The molecule has 0 aromatic heterocycles. The number of esters is 1. The van der Waals surface area contributed by atoms with Crippen LogP contribution in [0.5, 0.6) is 11.5 Å². The Kier molecular flexibility index (Phi) is 14.8. The Morgan fingerprint density at radius 1 is 0.778 bits per heavy atom. The number of piperidine rings is 1. The molecule has 302 valence electrons. The number of amides is 1. The first-order valence-corrected chi connectivity index (χ1v) is 19.7. The number of rotatable bonds is 6. The van der Waals surface area contributed by atoms with Crippen LogP contribution in [-0.2, 0) is 25.8 Å². The van der Waals surface area contributed by atoms with Crippen molar-refractivity contribution in [3.05, 3.63) is 57.6 Å². The number of benzene rings is 2. The Labute approximate surface area is 327 Å². The zero-order valence-corrected chi connectivity index (χ0v) is 37.0. The Morgan fingerprint density at radius 3 is 1.54 bits per heavy atom. The number of β-lactam (4-membered cyclic amide) rings is 1. The number of hydrogen-bond acceptors (Lipinski definition) is 7. The van der Waals surface area contributed by atoms with Gasteiger partial charge in [0, 0.05) is 52.3 Å². The molecule has 8 nitrogen and oxygen atoms in total. The summed E-state index contributed by atoms with van der Waals surface area (Å²) in [6.45, 7) is 37.6. The number of ketones is 2. The van der Waals surface area contributed by atoms with Gasteiger partial charge in [0.2, 0.25) is 5.91 Å². The van der Waals surface area contributed by atoms with E-state index in [0.29, 0.717) is 47.0 Å². The number of aryl methyl sites for hydroxylation is 1. The first kappa shape index (κ1) is 46.6. The molecule has 0 saturated carbocycles. The number of ether oxygens (including phenoxy) is 1. The minimum Gasteiger partial charge on any atom is -0.507 e. The van der Waals surface area contributed by atoms with E-state index < -0.39 is 5.97 Å². The van der Waals surface area contributed by atoms with Gasteiger partial charge in [0.05, 0.1) is 12.1 Å². The van der Waals surface area contributed by atoms with Crippen molar-refractivity contribution in [1.82, 2.24) is 9.80 Å². The molecule has 0 unspecified atom stereocenters. The van der Waals surface area contributed by atoms with Gasteiger partial charge in [-0.25, -0.2) is 4.79 Å². The topological polar surface area (TPSA) is 104 Å². The number of likely N-dealkylation sites (tertiary alicyclic amines) is 2. The van der Waals surface area contributed by atoms with E-state index in [1.165, 1.54) is 13.3 Å². The minimum absolute atomic E-state index is 0.0281. The molecule has 4 rings (SSSR count). The maximum Gasteiger partial charge on any atom is 0.343 e. The fraction of sp³-hybridized carbons (Fsp3) is 0.652. The molecule has 2 fully saturated rings. The highest BCUT2D eigenvalue weighted by molar-refractivity contribution is 5.96. The number of phenolic OH excluding ortho intramolecular Hbond substituents is 1. The summed E-state index contributed by atoms with van der Waals surface area (Å²) in [4.78, 5) is 52.9. The van der Waals surface area contributed by atoms with Crippen molar-refractivity contribution in [2.75, 3.05) is 13.1 Å². The zero-order valence-electron chi connectivity index (χ0n) is 37.0. The molecule has 2 aromatic rings. The molecular weight excluding hydrogens is 677 g/mol. The van der Waals surface area contributed by atoms with E-state index in [0.717, 1.165) is 30.5 Å². The van der Waals surface area contributed by atoms with Crippen molar-refractivity contribution >= 4 is 23.4 Å². The Hall–Kier alpha value is -3.52. The van der Waals surface area contributed by atoms with Crippen molar-refractivity contribution in [2.24, 2.45) is 0 Å². The van der Waals surface area contributed by atoms with Crippen molar-refractivity contribution in [3.8, 4) is 11.5 Å². The number of Topliss-reactive ketones (excluding diaryl/α,β-unsaturated/α-hetero) is 2. The second kappa shape index (κ2) is 17.1. The summed E-state index contributed by atoms with van der Waals surface area (Å²) in [5.41, 5.74) is 2.83. The fourth-order valence-corrected chi connectivity index (χ4v) is 7.57. The van der Waals surface area contributed by atoms with Crippen LogP contribution in [0, 0.1) is 6.92 Å². The fourth-order valence-electron chi connectivity index (χ4n) is 7.57. The van der Waals surface area contributed by atoms with Gasteiger partial charge >= 0.3 is 5.97 Å². The maximum absolute atomic E-state index is 13.4. The summed E-state index contributed by atoms with van der Waals surface area (Å²) in [6.07, 6.45) is 3.86. The lowest BCUT2D eigenvalue weighted by Gasteiger charge is -2.57. The van der Waals surface area contributed by atoms with Crippen molar-refractivity contribution < 1.29 is 29.0 Å². The normalized spacial score (nSPS) is 17.4. The Bertz CT molecular complexity index is 1640. The van der Waals surface area contributed by atoms with Gasteiger partial charge in [0.25, 0.3) is 0 Å². The van der Waals surface area contributed by atoms with Gasteiger partial charge in [-0.3, -0.25) is 19.3 Å². The standard InChI is InChI=1S/C28H38O4.C15H26N2O2.C3H8/c1-16-12-18(17(2)29)13-22(28(9,10)11)24(16)32-25(31)19-14-20(26(3,4)5)23(30)21(15-19)27(6,7)8;1-11(18)10-17-14(2,3)8-12(9-15(17,4)5)16-7-6-13(16)19;1-3-2/h12-15,30H,1-11H3;12H,6-10H2,1-5H3;3H2,1-2H3. The molecule has 2 aliphatic heterocycles. The average Bonchev–Trinajstić information content (AvgIpc) is 2.97. The minimum atomic E-state index is -0.481. The molecule has 0 bridgehead atoms. The van der Waals surface area contributed by atoms with E-state index in [1.807, 2.05) is 80.2 Å². The van der Waals surface area contributed by atoms with Crippen molar-refractivity contribution in [1.29, 1.82) is 0 Å². The highest BCUT2D eigenvalue weighted by Crippen LogP contribution is 2.42. The van der Waals surface area contributed by atoms with Crippen molar-refractivity contribution in [2.45, 2.75) is 184 Å². The smallest absolute Gasteiger partial charge is 0.343 e. The van der Waals surface area contributed by atoms with Gasteiger partial charge < -0.3 is 14.7 Å². The molecule has 2 saturated heterocycles. The summed E-state index contributed by atoms with van der Waals surface area (Å²) in [5.74, 6) is 0.690. The third-order valence-electron chi connectivity index (χ3n) is 10.3. The van der Waals surface area contributed by atoms with Gasteiger partial charge in [-0.1, -0.05) is 82.6 Å². The van der Waals surface area contributed by atoms with E-state index in [-0.39, 0.29) is 50.5 Å². The van der Waals surface area contributed by atoms with Crippen molar-refractivity contribution in [3.63, 3.8) is 0 Å². The molecule has 0 aliphatic carbocycles. The zero-order chi connectivity index (χ0) is 41.9. The lowest BCUT2D eigenvalue weighted by atomic mass is 9.75. The summed E-state index contributed by atoms with van der Waals surface area (Å²) in [7, 11) is 0. The summed E-state index contributed by atoms with van der Waals surface area (Å²) >= 11 is 0. The monoisotopic (exact) mass is 749 g/mol. The highest BCUT2D eigenvalue weighted by Gasteiger charge is 2.48. The lowest BCUT2D eigenvalue weighted by molar-refractivity contribution is -0.151. The van der Waals surface area contributed by atoms with Crippen LogP contribution in [0.4, 0.5) is 0 Å². The molecule has 0 atom stereocenters. The number of carbonyl (C=O) groups is 4. The SMILES string of the molecule is CC(=O)CN1C(C)(C)CC(N2CCC2=O)CC1(C)C.CC(=O)c1cc(C)c(OC(=O)c2cc(C(C)(C)C)c(O)c(C(C)(C)C)c2)c(C(C)(C)C)c1.CCC. The molecule has 8 heteroatoms. The third-order valence-corrected chi connectivity index (χ3v) is 10.3. The second-order valence-corrected chi connectivity index (χ2v) is 19.8. The van der Waals surface area contributed by atoms with Gasteiger partial charge in [-0.15, -0.1) is 0 Å². The number of carbonyl (C=O) groups excluding carboxylic acids is 4. The third kappa shape index (κ3) is 11.5. The Morgan fingerprint density at radius 2 is 1.20 bits per heavy atom. The summed E-state index contributed by atoms with van der Waals surface area (Å²) in [5, 5.41) is 10.9. The molecule has 2 aliphatic rings. The molecule has 54 heavy (non-hydrogen) atoms. The molecule has 1 amide bonds. The average molecular weight is 749 g/mol. The van der Waals surface area contributed by atoms with Crippen LogP contribution < -0.4 is 4.74 Å². The molecule has 1 N–H and O–H groups in total. The predicted molar refractivity (Wildman–Crippen MR) is 221 cm³/mol. The van der Waals surface area contributed by atoms with E-state index in [9.17, 15) is 24.3 Å². The van der Waals surface area contributed by atoms with E-state index in [1.54, 1.807) is 25.1 Å². The molecule has 0 radical (unpaired) electrons. The van der Waals surface area contributed by atoms with Crippen LogP contribution in [0.25, 0.3) is 0 Å². The first-order valence-electron chi connectivity index (χ1n) is 19.7. The summed E-state index contributed by atoms with van der Waals surface area (Å²) < 4.78 is 5.97. The summed E-state index contributed by atoms with van der Waals surface area (Å²) in [6, 6.07) is 7.36. The van der Waals surface area contributed by atoms with E-state index in [2.05, 4.69) is 46.4 Å². The van der Waals surface area contributed by atoms with Gasteiger partial charge in [-0.05, 0) is 107 Å². The van der Waals surface area contributed by atoms with E-state index in [4.69, 9.17) is 4.74 Å².